The van der Waals surface area contributed by atoms with Gasteiger partial charge in [-0.3, -0.25) is 5.32 Å². The van der Waals surface area contributed by atoms with Crippen molar-refractivity contribution in [3.05, 3.63) is 48.0 Å². The van der Waals surface area contributed by atoms with Gasteiger partial charge < -0.3 is 14.0 Å². The quantitative estimate of drug-likeness (QED) is 0.524. The molecule has 2 aromatic carbocycles. The molecule has 4 rings (SSSR count). The lowest BCUT2D eigenvalue weighted by Gasteiger charge is -2.30. The molecular weight excluding hydrogens is 390 g/mol. The van der Waals surface area contributed by atoms with Crippen LogP contribution in [0.2, 0.25) is 0 Å². The number of hydrogen-bond donors (Lipinski definition) is 1. The molecule has 1 saturated carbocycles. The van der Waals surface area contributed by atoms with E-state index in [2.05, 4.69) is 16.0 Å². The van der Waals surface area contributed by atoms with E-state index in [1.165, 1.54) is 6.42 Å². The predicted molar refractivity (Wildman–Crippen MR) is 121 cm³/mol. The molecule has 3 aromatic rings. The molecular formula is C25H27N3O3. The number of nitriles is 1. The third kappa shape index (κ3) is 4.09. The monoisotopic (exact) mass is 417 g/mol. The molecule has 0 radical (unpaired) electrons. The number of aromatic nitrogens is 1. The summed E-state index contributed by atoms with van der Waals surface area (Å²) in [6, 6.07) is 16.2. The molecule has 0 atom stereocenters. The van der Waals surface area contributed by atoms with E-state index in [9.17, 15) is 10.1 Å². The summed E-state index contributed by atoms with van der Waals surface area (Å²) in [7, 11) is 1.65. The number of nitrogens with one attached hydrogen (secondary N) is 1. The molecule has 6 heteroatoms. The summed E-state index contributed by atoms with van der Waals surface area (Å²) in [4.78, 5) is 11.9. The number of nitrogens with zero attached hydrogens (tertiary/aromatic N) is 2. The Labute approximate surface area is 182 Å². The van der Waals surface area contributed by atoms with Crippen molar-refractivity contribution in [2.45, 2.75) is 39.2 Å². The Hall–Kier alpha value is -3.46. The standard InChI is InChI=1S/C25H27N3O3/c1-16(2)15-31-25(29)27-18-9-7-17(8-10-18)24-22(14-26)21-12-11-20(30-3)13-23(21)28(24)19-5-4-6-19/h7-13,16,19H,4-6,15H2,1-3H3,(H,27,29). The number of rotatable bonds is 6. The van der Waals surface area contributed by atoms with Gasteiger partial charge in [-0.15, -0.1) is 0 Å². The van der Waals surface area contributed by atoms with Crippen molar-refractivity contribution >= 4 is 22.7 Å². The second-order valence-corrected chi connectivity index (χ2v) is 8.37. The average Bonchev–Trinajstić information content (AvgIpc) is 3.04. The number of carbonyl (C=O) groups excluding carboxylic acids is 1. The van der Waals surface area contributed by atoms with Crippen LogP contribution >= 0.6 is 0 Å². The van der Waals surface area contributed by atoms with Crippen LogP contribution in [0.25, 0.3) is 22.2 Å². The predicted octanol–water partition coefficient (Wildman–Crippen LogP) is 6.12. The van der Waals surface area contributed by atoms with Gasteiger partial charge in [-0.05, 0) is 55.0 Å². The minimum atomic E-state index is -0.463. The van der Waals surface area contributed by atoms with Gasteiger partial charge in [0, 0.05) is 23.2 Å². The van der Waals surface area contributed by atoms with Crippen LogP contribution in [0.3, 0.4) is 0 Å². The van der Waals surface area contributed by atoms with Gasteiger partial charge in [0.1, 0.15) is 11.8 Å². The van der Waals surface area contributed by atoms with Gasteiger partial charge in [-0.1, -0.05) is 26.0 Å². The molecule has 1 aliphatic rings. The second kappa shape index (κ2) is 8.73. The molecule has 0 bridgehead atoms. The highest BCUT2D eigenvalue weighted by molar-refractivity contribution is 5.96. The Bertz CT molecular complexity index is 1140. The number of fused-ring (bicyclic) bond motifs is 1. The van der Waals surface area contributed by atoms with E-state index in [1.54, 1.807) is 7.11 Å². The summed E-state index contributed by atoms with van der Waals surface area (Å²) in [5.41, 5.74) is 4.21. The van der Waals surface area contributed by atoms with E-state index in [0.29, 0.717) is 23.9 Å². The van der Waals surface area contributed by atoms with Crippen molar-refractivity contribution < 1.29 is 14.3 Å². The molecule has 1 N–H and O–H groups in total. The lowest BCUT2D eigenvalue weighted by atomic mass is 9.92. The zero-order valence-electron chi connectivity index (χ0n) is 18.1. The highest BCUT2D eigenvalue weighted by atomic mass is 16.5. The molecule has 0 unspecified atom stereocenters. The zero-order chi connectivity index (χ0) is 22.0. The maximum atomic E-state index is 11.9. The molecule has 1 heterocycles. The fourth-order valence-corrected chi connectivity index (χ4v) is 3.95. The van der Waals surface area contributed by atoms with Crippen LogP contribution in [-0.4, -0.2) is 24.4 Å². The molecule has 1 amide bonds. The summed E-state index contributed by atoms with van der Waals surface area (Å²) in [5, 5.41) is 13.7. The van der Waals surface area contributed by atoms with Crippen molar-refractivity contribution in [3.63, 3.8) is 0 Å². The first-order valence-electron chi connectivity index (χ1n) is 10.7. The molecule has 160 valence electrons. The number of carbonyl (C=O) groups is 1. The third-order valence-electron chi connectivity index (χ3n) is 5.72. The Morgan fingerprint density at radius 3 is 2.55 bits per heavy atom. The summed E-state index contributed by atoms with van der Waals surface area (Å²) in [6.07, 6.45) is 2.92. The second-order valence-electron chi connectivity index (χ2n) is 8.37. The normalized spacial score (nSPS) is 13.6. The van der Waals surface area contributed by atoms with E-state index in [4.69, 9.17) is 9.47 Å². The Kier molecular flexibility index (Phi) is 5.85. The molecule has 0 saturated heterocycles. The summed E-state index contributed by atoms with van der Waals surface area (Å²) in [6.45, 7) is 4.36. The SMILES string of the molecule is COc1ccc2c(C#N)c(-c3ccc(NC(=O)OCC(C)C)cc3)n(C3CCC3)c2c1. The first-order valence-corrected chi connectivity index (χ1v) is 10.7. The van der Waals surface area contributed by atoms with Gasteiger partial charge >= 0.3 is 6.09 Å². The maximum absolute atomic E-state index is 11.9. The average molecular weight is 418 g/mol. The highest BCUT2D eigenvalue weighted by Crippen LogP contribution is 2.43. The minimum Gasteiger partial charge on any atom is -0.497 e. The van der Waals surface area contributed by atoms with Gasteiger partial charge in [0.2, 0.25) is 0 Å². The van der Waals surface area contributed by atoms with Gasteiger partial charge in [0.25, 0.3) is 0 Å². The summed E-state index contributed by atoms with van der Waals surface area (Å²) < 4.78 is 12.9. The number of methoxy groups -OCH3 is 1. The van der Waals surface area contributed by atoms with Crippen LogP contribution in [0.1, 0.15) is 44.7 Å². The number of amides is 1. The number of ether oxygens (including phenoxy) is 2. The van der Waals surface area contributed by atoms with Crippen LogP contribution in [0.15, 0.2) is 42.5 Å². The molecule has 1 fully saturated rings. The van der Waals surface area contributed by atoms with Gasteiger partial charge in [0.05, 0.1) is 30.5 Å². The van der Waals surface area contributed by atoms with E-state index in [1.807, 2.05) is 56.3 Å². The van der Waals surface area contributed by atoms with Crippen LogP contribution in [0.5, 0.6) is 5.75 Å². The van der Waals surface area contributed by atoms with E-state index in [-0.39, 0.29) is 5.92 Å². The first kappa shape index (κ1) is 20.8. The van der Waals surface area contributed by atoms with Crippen LogP contribution in [0, 0.1) is 17.2 Å². The van der Waals surface area contributed by atoms with Crippen LogP contribution < -0.4 is 10.1 Å². The van der Waals surface area contributed by atoms with Crippen LogP contribution in [0.4, 0.5) is 10.5 Å². The Morgan fingerprint density at radius 1 is 1.23 bits per heavy atom. The molecule has 0 aliphatic heterocycles. The van der Waals surface area contributed by atoms with Crippen molar-refractivity contribution in [3.8, 4) is 23.1 Å². The zero-order valence-corrected chi connectivity index (χ0v) is 18.1. The molecule has 1 aromatic heterocycles. The fraction of sp³-hybridized carbons (Fsp3) is 0.360. The third-order valence-corrected chi connectivity index (χ3v) is 5.72. The maximum Gasteiger partial charge on any atom is 0.411 e. The Balaban J connectivity index is 1.72. The number of anilines is 1. The molecule has 6 nitrogen and oxygen atoms in total. The van der Waals surface area contributed by atoms with Gasteiger partial charge in [0.15, 0.2) is 0 Å². The lowest BCUT2D eigenvalue weighted by Crippen LogP contribution is -2.18. The summed E-state index contributed by atoms with van der Waals surface area (Å²) in [5.74, 6) is 1.06. The number of hydrogen-bond acceptors (Lipinski definition) is 4. The highest BCUT2D eigenvalue weighted by Gasteiger charge is 2.28. The van der Waals surface area contributed by atoms with Crippen molar-refractivity contribution in [1.82, 2.24) is 4.57 Å². The van der Waals surface area contributed by atoms with E-state index >= 15 is 0 Å². The fourth-order valence-electron chi connectivity index (χ4n) is 3.95. The molecule has 0 spiro atoms. The summed E-state index contributed by atoms with van der Waals surface area (Å²) >= 11 is 0. The van der Waals surface area contributed by atoms with Crippen LogP contribution in [-0.2, 0) is 4.74 Å². The number of benzene rings is 2. The topological polar surface area (TPSA) is 76.3 Å². The van der Waals surface area contributed by atoms with E-state index in [0.717, 1.165) is 40.8 Å². The van der Waals surface area contributed by atoms with Crippen molar-refractivity contribution in [1.29, 1.82) is 5.26 Å². The Morgan fingerprint density at radius 2 is 1.97 bits per heavy atom. The van der Waals surface area contributed by atoms with Crippen molar-refractivity contribution in [2.75, 3.05) is 19.0 Å². The largest absolute Gasteiger partial charge is 0.497 e. The first-order chi connectivity index (χ1) is 15.0. The molecule has 31 heavy (non-hydrogen) atoms. The van der Waals surface area contributed by atoms with E-state index < -0.39 is 6.09 Å². The molecule has 1 aliphatic carbocycles. The van der Waals surface area contributed by atoms with Gasteiger partial charge in [-0.25, -0.2) is 4.79 Å². The lowest BCUT2D eigenvalue weighted by molar-refractivity contribution is 0.147. The van der Waals surface area contributed by atoms with Crippen molar-refractivity contribution in [2.24, 2.45) is 5.92 Å². The smallest absolute Gasteiger partial charge is 0.411 e. The minimum absolute atomic E-state index is 0.282. The van der Waals surface area contributed by atoms with Gasteiger partial charge in [-0.2, -0.15) is 5.26 Å².